The largest absolute Gasteiger partial charge is 0.395 e. The van der Waals surface area contributed by atoms with Crippen LogP contribution in [-0.4, -0.2) is 35.4 Å². The highest BCUT2D eigenvalue weighted by Crippen LogP contribution is 2.20. The molecule has 1 aliphatic rings. The van der Waals surface area contributed by atoms with Crippen LogP contribution in [0.4, 0.5) is 5.69 Å². The average molecular weight is 280 g/mol. The molecule has 6 heteroatoms. The lowest BCUT2D eigenvalue weighted by Gasteiger charge is -2.28. The number of carbonyl (C=O) groups excluding carboxylic acids is 1. The second-order valence-corrected chi connectivity index (χ2v) is 5.43. The fraction of sp³-hybridized carbons (Fsp3) is 0.714. The number of hydrogen-bond acceptors (Lipinski definition) is 4. The number of carbonyl (C=O) groups is 1. The van der Waals surface area contributed by atoms with E-state index in [1.54, 1.807) is 0 Å². The molecule has 112 valence electrons. The number of nitrogens with zero attached hydrogens (tertiary/aromatic N) is 1. The molecule has 1 aromatic heterocycles. The van der Waals surface area contributed by atoms with Crippen molar-refractivity contribution >= 4 is 11.6 Å². The van der Waals surface area contributed by atoms with Crippen molar-refractivity contribution in [3.8, 4) is 0 Å². The summed E-state index contributed by atoms with van der Waals surface area (Å²) >= 11 is 0. The van der Waals surface area contributed by atoms with E-state index in [9.17, 15) is 4.79 Å². The molecule has 0 saturated carbocycles. The molecule has 0 bridgehead atoms. The van der Waals surface area contributed by atoms with Gasteiger partial charge in [-0.3, -0.25) is 9.89 Å². The summed E-state index contributed by atoms with van der Waals surface area (Å²) in [5.41, 5.74) is 7.60. The van der Waals surface area contributed by atoms with Crippen LogP contribution in [0, 0.1) is 5.92 Å². The maximum atomic E-state index is 12.2. The first-order valence-corrected chi connectivity index (χ1v) is 7.34. The summed E-state index contributed by atoms with van der Waals surface area (Å²) in [5, 5.41) is 9.90. The number of anilines is 1. The number of amides is 1. The third-order valence-electron chi connectivity index (χ3n) is 3.93. The van der Waals surface area contributed by atoms with Crippen LogP contribution in [-0.2, 0) is 11.2 Å². The maximum absolute atomic E-state index is 12.2. The molecule has 2 rings (SSSR count). The first-order chi connectivity index (χ1) is 9.63. The van der Waals surface area contributed by atoms with Gasteiger partial charge in [0.1, 0.15) is 0 Å². The van der Waals surface area contributed by atoms with Gasteiger partial charge in [0.05, 0.1) is 11.4 Å². The van der Waals surface area contributed by atoms with Crippen LogP contribution >= 0.6 is 0 Å². The van der Waals surface area contributed by atoms with Gasteiger partial charge in [0.25, 0.3) is 5.91 Å². The number of nitrogen functional groups attached to an aromatic ring is 1. The minimum atomic E-state index is -0.194. The lowest BCUT2D eigenvalue weighted by Crippen LogP contribution is -2.40. The summed E-state index contributed by atoms with van der Waals surface area (Å²) < 4.78 is 5.34. The number of H-pyrrole nitrogens is 1. The smallest absolute Gasteiger partial charge is 0.274 e. The van der Waals surface area contributed by atoms with Crippen molar-refractivity contribution in [3.05, 3.63) is 11.4 Å². The molecule has 4 N–H and O–H groups in total. The Kier molecular flexibility index (Phi) is 5.00. The van der Waals surface area contributed by atoms with E-state index in [0.717, 1.165) is 44.6 Å². The van der Waals surface area contributed by atoms with Crippen molar-refractivity contribution in [3.63, 3.8) is 0 Å². The SMILES string of the molecule is CCCc1[nH]nc(C(=O)NC(C)C2CCOCC2)c1N. The van der Waals surface area contributed by atoms with Gasteiger partial charge in [-0.05, 0) is 32.1 Å². The Morgan fingerprint density at radius 3 is 2.90 bits per heavy atom. The van der Waals surface area contributed by atoms with E-state index < -0.39 is 0 Å². The second-order valence-electron chi connectivity index (χ2n) is 5.43. The molecule has 0 aliphatic carbocycles. The van der Waals surface area contributed by atoms with Crippen LogP contribution in [0.2, 0.25) is 0 Å². The number of aryl methyl sites for hydroxylation is 1. The highest BCUT2D eigenvalue weighted by Gasteiger charge is 2.24. The van der Waals surface area contributed by atoms with Crippen molar-refractivity contribution < 1.29 is 9.53 Å². The molecule has 20 heavy (non-hydrogen) atoms. The number of aromatic nitrogens is 2. The molecule has 2 heterocycles. The van der Waals surface area contributed by atoms with Crippen LogP contribution in [0.15, 0.2) is 0 Å². The van der Waals surface area contributed by atoms with Crippen molar-refractivity contribution in [2.45, 2.75) is 45.6 Å². The summed E-state index contributed by atoms with van der Waals surface area (Å²) in [6.45, 7) is 5.64. The molecular formula is C14H24N4O2. The van der Waals surface area contributed by atoms with Gasteiger partial charge in [-0.15, -0.1) is 0 Å². The number of nitrogens with two attached hydrogens (primary N) is 1. The molecule has 1 aliphatic heterocycles. The molecular weight excluding hydrogens is 256 g/mol. The average Bonchev–Trinajstić information content (AvgIpc) is 2.82. The fourth-order valence-corrected chi connectivity index (χ4v) is 2.61. The first-order valence-electron chi connectivity index (χ1n) is 7.34. The molecule has 1 atom stereocenters. The second kappa shape index (κ2) is 6.74. The normalized spacial score (nSPS) is 17.9. The van der Waals surface area contributed by atoms with Gasteiger partial charge >= 0.3 is 0 Å². The van der Waals surface area contributed by atoms with E-state index in [4.69, 9.17) is 10.5 Å². The minimum Gasteiger partial charge on any atom is -0.395 e. The van der Waals surface area contributed by atoms with Gasteiger partial charge < -0.3 is 15.8 Å². The van der Waals surface area contributed by atoms with Crippen molar-refractivity contribution in [2.24, 2.45) is 5.92 Å². The summed E-state index contributed by atoms with van der Waals surface area (Å²) in [4.78, 5) is 12.2. The summed E-state index contributed by atoms with van der Waals surface area (Å²) in [6, 6.07) is 0.108. The van der Waals surface area contributed by atoms with E-state index in [1.165, 1.54) is 0 Å². The predicted octanol–water partition coefficient (Wildman–Crippen LogP) is 1.49. The number of aromatic amines is 1. The zero-order valence-corrected chi connectivity index (χ0v) is 12.2. The Morgan fingerprint density at radius 2 is 2.25 bits per heavy atom. The Balaban J connectivity index is 1.97. The number of hydrogen-bond donors (Lipinski definition) is 3. The number of nitrogens with one attached hydrogen (secondary N) is 2. The predicted molar refractivity (Wildman–Crippen MR) is 77.5 cm³/mol. The van der Waals surface area contributed by atoms with E-state index >= 15 is 0 Å². The third kappa shape index (κ3) is 3.30. The van der Waals surface area contributed by atoms with Crippen molar-refractivity contribution in [1.29, 1.82) is 0 Å². The van der Waals surface area contributed by atoms with Gasteiger partial charge in [0, 0.05) is 19.3 Å². The van der Waals surface area contributed by atoms with Gasteiger partial charge in [-0.1, -0.05) is 13.3 Å². The molecule has 0 spiro atoms. The molecule has 6 nitrogen and oxygen atoms in total. The Labute approximate surface area is 119 Å². The lowest BCUT2D eigenvalue weighted by molar-refractivity contribution is 0.0537. The van der Waals surface area contributed by atoms with Crippen LogP contribution in [0.5, 0.6) is 0 Å². The Hall–Kier alpha value is -1.56. The zero-order chi connectivity index (χ0) is 14.5. The van der Waals surface area contributed by atoms with Crippen molar-refractivity contribution in [1.82, 2.24) is 15.5 Å². The summed E-state index contributed by atoms with van der Waals surface area (Å²) in [5.74, 6) is 0.267. The molecule has 1 unspecified atom stereocenters. The van der Waals surface area contributed by atoms with Gasteiger partial charge in [0.15, 0.2) is 5.69 Å². The molecule has 1 saturated heterocycles. The molecule has 1 aromatic rings. The van der Waals surface area contributed by atoms with E-state index in [2.05, 4.69) is 22.4 Å². The van der Waals surface area contributed by atoms with Crippen molar-refractivity contribution in [2.75, 3.05) is 18.9 Å². The third-order valence-corrected chi connectivity index (χ3v) is 3.93. The number of ether oxygens (including phenoxy) is 1. The Morgan fingerprint density at radius 1 is 1.55 bits per heavy atom. The molecule has 1 fully saturated rings. The Bertz CT molecular complexity index is 452. The quantitative estimate of drug-likeness (QED) is 0.761. The minimum absolute atomic E-state index is 0.108. The van der Waals surface area contributed by atoms with E-state index in [-0.39, 0.29) is 11.9 Å². The van der Waals surface area contributed by atoms with Crippen LogP contribution in [0.3, 0.4) is 0 Å². The van der Waals surface area contributed by atoms with Gasteiger partial charge in [-0.25, -0.2) is 0 Å². The molecule has 0 aromatic carbocycles. The highest BCUT2D eigenvalue weighted by molar-refractivity contribution is 5.97. The summed E-state index contributed by atoms with van der Waals surface area (Å²) in [6.07, 6.45) is 3.74. The number of rotatable bonds is 5. The molecule has 1 amide bonds. The van der Waals surface area contributed by atoms with Crippen LogP contribution in [0.25, 0.3) is 0 Å². The topological polar surface area (TPSA) is 93.0 Å². The maximum Gasteiger partial charge on any atom is 0.274 e. The van der Waals surface area contributed by atoms with Gasteiger partial charge in [0.2, 0.25) is 0 Å². The standard InChI is InChI=1S/C14H24N4O2/c1-3-4-11-12(15)13(18-17-11)14(19)16-9(2)10-5-7-20-8-6-10/h9-10H,3-8,15H2,1-2H3,(H,16,19)(H,17,18). The van der Waals surface area contributed by atoms with E-state index in [0.29, 0.717) is 17.3 Å². The first kappa shape index (κ1) is 14.8. The monoisotopic (exact) mass is 280 g/mol. The molecule has 0 radical (unpaired) electrons. The van der Waals surface area contributed by atoms with Crippen LogP contribution in [0.1, 0.15) is 49.3 Å². The highest BCUT2D eigenvalue weighted by atomic mass is 16.5. The van der Waals surface area contributed by atoms with E-state index in [1.807, 2.05) is 6.92 Å². The lowest BCUT2D eigenvalue weighted by atomic mass is 9.93. The van der Waals surface area contributed by atoms with Gasteiger partial charge in [-0.2, -0.15) is 5.10 Å². The zero-order valence-electron chi connectivity index (χ0n) is 12.2. The summed E-state index contributed by atoms with van der Waals surface area (Å²) in [7, 11) is 0. The fourth-order valence-electron chi connectivity index (χ4n) is 2.61. The van der Waals surface area contributed by atoms with Crippen LogP contribution < -0.4 is 11.1 Å².